The third-order valence-corrected chi connectivity index (χ3v) is 4.89. The number of nitrogens with two attached hydrogens (primary N) is 1. The van der Waals surface area contributed by atoms with Gasteiger partial charge < -0.3 is 10.8 Å². The highest BCUT2D eigenvalue weighted by Gasteiger charge is 2.19. The third-order valence-electron chi connectivity index (χ3n) is 2.92. The Bertz CT molecular complexity index is 720. The lowest BCUT2D eigenvalue weighted by molar-refractivity contribution is 0.182. The number of aliphatic hydroxyl groups is 1. The summed E-state index contributed by atoms with van der Waals surface area (Å²) >= 11 is 3.21. The van der Waals surface area contributed by atoms with E-state index in [9.17, 15) is 13.5 Å². The highest BCUT2D eigenvalue weighted by molar-refractivity contribution is 9.10. The quantitative estimate of drug-likeness (QED) is 0.702. The van der Waals surface area contributed by atoms with Gasteiger partial charge in [-0.05, 0) is 23.8 Å². The van der Waals surface area contributed by atoms with Gasteiger partial charge in [-0.2, -0.15) is 0 Å². The predicted octanol–water partition coefficient (Wildman–Crippen LogP) is 2.04. The van der Waals surface area contributed by atoms with Crippen molar-refractivity contribution >= 4 is 31.6 Å². The molecule has 0 aliphatic heterocycles. The minimum absolute atomic E-state index is 0.0165. The number of aliphatic hydroxyl groups excluding tert-OH is 1. The van der Waals surface area contributed by atoms with Crippen molar-refractivity contribution in [3.8, 4) is 0 Å². The molecule has 0 radical (unpaired) electrons. The van der Waals surface area contributed by atoms with E-state index in [0.717, 1.165) is 0 Å². The Morgan fingerprint density at radius 1 is 1.19 bits per heavy atom. The molecule has 0 spiro atoms. The Morgan fingerprint density at radius 2 is 1.86 bits per heavy atom. The molecule has 21 heavy (non-hydrogen) atoms. The van der Waals surface area contributed by atoms with Crippen molar-refractivity contribution in [1.82, 2.24) is 4.72 Å². The van der Waals surface area contributed by atoms with Gasteiger partial charge in [0.25, 0.3) is 0 Å². The number of sulfonamides is 1. The van der Waals surface area contributed by atoms with Gasteiger partial charge in [-0.1, -0.05) is 46.3 Å². The molecule has 1 atom stereocenters. The Balaban J connectivity index is 2.13. The second kappa shape index (κ2) is 6.57. The van der Waals surface area contributed by atoms with Crippen molar-refractivity contribution in [3.05, 3.63) is 58.6 Å². The summed E-state index contributed by atoms with van der Waals surface area (Å²) in [5, 5.41) is 9.99. The molecular formula is C14H15BrN2O3S. The summed E-state index contributed by atoms with van der Waals surface area (Å²) < 4.78 is 27.4. The van der Waals surface area contributed by atoms with Crippen LogP contribution in [0.1, 0.15) is 11.7 Å². The summed E-state index contributed by atoms with van der Waals surface area (Å²) in [6.45, 7) is -0.127. The molecule has 0 bridgehead atoms. The molecule has 4 N–H and O–H groups in total. The highest BCUT2D eigenvalue weighted by Crippen LogP contribution is 2.23. The minimum Gasteiger partial charge on any atom is -0.398 e. The van der Waals surface area contributed by atoms with Crippen LogP contribution in [0.5, 0.6) is 0 Å². The van der Waals surface area contributed by atoms with E-state index >= 15 is 0 Å². The smallest absolute Gasteiger partial charge is 0.242 e. The standard InChI is InChI=1S/C14H15BrN2O3S/c15-11-6-7-12(16)14(8-11)21(19,20)17-9-13(18)10-4-2-1-3-5-10/h1-8,13,17-18H,9,16H2. The van der Waals surface area contributed by atoms with Crippen LogP contribution in [0.2, 0.25) is 0 Å². The van der Waals surface area contributed by atoms with E-state index in [1.54, 1.807) is 30.3 Å². The number of hydrogen-bond donors (Lipinski definition) is 3. The second-order valence-corrected chi connectivity index (χ2v) is 7.11. The van der Waals surface area contributed by atoms with Gasteiger partial charge in [0.2, 0.25) is 10.0 Å². The Hall–Kier alpha value is -1.41. The van der Waals surface area contributed by atoms with Crippen LogP contribution in [0.3, 0.4) is 0 Å². The van der Waals surface area contributed by atoms with Crippen molar-refractivity contribution in [2.75, 3.05) is 12.3 Å². The first-order chi connectivity index (χ1) is 9.90. The Morgan fingerprint density at radius 3 is 2.52 bits per heavy atom. The summed E-state index contributed by atoms with van der Waals surface area (Å²) in [5.41, 5.74) is 6.48. The first kappa shape index (κ1) is 16.0. The Kier molecular flexibility index (Phi) is 5.00. The monoisotopic (exact) mass is 370 g/mol. The molecular weight excluding hydrogens is 356 g/mol. The maximum absolute atomic E-state index is 12.2. The van der Waals surface area contributed by atoms with Crippen LogP contribution >= 0.6 is 15.9 Å². The van der Waals surface area contributed by atoms with Gasteiger partial charge >= 0.3 is 0 Å². The van der Waals surface area contributed by atoms with Crippen LogP contribution in [0, 0.1) is 0 Å². The summed E-state index contributed by atoms with van der Waals surface area (Å²) in [5.74, 6) is 0. The maximum atomic E-state index is 12.2. The zero-order chi connectivity index (χ0) is 15.5. The van der Waals surface area contributed by atoms with E-state index < -0.39 is 16.1 Å². The van der Waals surface area contributed by atoms with Crippen LogP contribution in [0.25, 0.3) is 0 Å². The molecule has 0 saturated heterocycles. The second-order valence-electron chi connectivity index (χ2n) is 4.46. The van der Waals surface area contributed by atoms with Gasteiger partial charge in [0, 0.05) is 11.0 Å². The first-order valence-corrected chi connectivity index (χ1v) is 8.45. The molecule has 0 heterocycles. The van der Waals surface area contributed by atoms with Crippen molar-refractivity contribution in [2.24, 2.45) is 0 Å². The number of nitrogens with one attached hydrogen (secondary N) is 1. The van der Waals surface area contributed by atoms with E-state index in [-0.39, 0.29) is 17.1 Å². The maximum Gasteiger partial charge on any atom is 0.242 e. The summed E-state index contributed by atoms with van der Waals surface area (Å²) in [4.78, 5) is -0.0165. The molecule has 112 valence electrons. The SMILES string of the molecule is Nc1ccc(Br)cc1S(=O)(=O)NCC(O)c1ccccc1. The highest BCUT2D eigenvalue weighted by atomic mass is 79.9. The molecule has 1 unspecified atom stereocenters. The van der Waals surface area contributed by atoms with Gasteiger partial charge in [-0.3, -0.25) is 0 Å². The average molecular weight is 371 g/mol. The van der Waals surface area contributed by atoms with Gasteiger partial charge in [0.15, 0.2) is 0 Å². The number of hydrogen-bond acceptors (Lipinski definition) is 4. The molecule has 0 saturated carbocycles. The number of rotatable bonds is 5. The molecule has 7 heteroatoms. The fourth-order valence-electron chi connectivity index (χ4n) is 1.80. The minimum atomic E-state index is -3.78. The van der Waals surface area contributed by atoms with E-state index in [1.165, 1.54) is 12.1 Å². The zero-order valence-electron chi connectivity index (χ0n) is 11.0. The lowest BCUT2D eigenvalue weighted by atomic mass is 10.1. The largest absolute Gasteiger partial charge is 0.398 e. The molecule has 0 aliphatic rings. The van der Waals surface area contributed by atoms with Gasteiger partial charge in [0.05, 0.1) is 11.8 Å². The van der Waals surface area contributed by atoms with Crippen LogP contribution in [-0.2, 0) is 10.0 Å². The van der Waals surface area contributed by atoms with E-state index in [1.807, 2.05) is 6.07 Å². The first-order valence-electron chi connectivity index (χ1n) is 6.18. The predicted molar refractivity (Wildman–Crippen MR) is 85.1 cm³/mol. The third kappa shape index (κ3) is 4.04. The lowest BCUT2D eigenvalue weighted by Crippen LogP contribution is -2.29. The molecule has 0 aliphatic carbocycles. The molecule has 5 nitrogen and oxygen atoms in total. The molecule has 0 amide bonds. The number of nitrogen functional groups attached to an aromatic ring is 1. The number of benzene rings is 2. The Labute approximate surface area is 132 Å². The van der Waals surface area contributed by atoms with Gasteiger partial charge in [-0.15, -0.1) is 0 Å². The fourth-order valence-corrected chi connectivity index (χ4v) is 3.51. The van der Waals surface area contributed by atoms with Gasteiger partial charge in [-0.25, -0.2) is 13.1 Å². The summed E-state index contributed by atoms with van der Waals surface area (Å²) in [7, 11) is -3.78. The van der Waals surface area contributed by atoms with E-state index in [2.05, 4.69) is 20.7 Å². The number of anilines is 1. The lowest BCUT2D eigenvalue weighted by Gasteiger charge is -2.13. The number of halogens is 1. The summed E-state index contributed by atoms with van der Waals surface area (Å²) in [6, 6.07) is 13.4. The average Bonchev–Trinajstić information content (AvgIpc) is 2.48. The van der Waals surface area contributed by atoms with Crippen LogP contribution in [0.4, 0.5) is 5.69 Å². The van der Waals surface area contributed by atoms with Crippen LogP contribution < -0.4 is 10.5 Å². The van der Waals surface area contributed by atoms with Gasteiger partial charge in [0.1, 0.15) is 4.90 Å². The van der Waals surface area contributed by atoms with E-state index in [0.29, 0.717) is 10.0 Å². The van der Waals surface area contributed by atoms with Crippen LogP contribution in [0.15, 0.2) is 57.9 Å². The van der Waals surface area contributed by atoms with Crippen molar-refractivity contribution in [3.63, 3.8) is 0 Å². The van der Waals surface area contributed by atoms with Crippen molar-refractivity contribution in [2.45, 2.75) is 11.0 Å². The molecule has 2 aromatic rings. The molecule has 2 aromatic carbocycles. The topological polar surface area (TPSA) is 92.4 Å². The van der Waals surface area contributed by atoms with Crippen LogP contribution in [-0.4, -0.2) is 20.1 Å². The van der Waals surface area contributed by atoms with Crippen molar-refractivity contribution in [1.29, 1.82) is 0 Å². The molecule has 0 fully saturated rings. The van der Waals surface area contributed by atoms with E-state index in [4.69, 9.17) is 5.73 Å². The summed E-state index contributed by atoms with van der Waals surface area (Å²) in [6.07, 6.45) is -0.922. The fraction of sp³-hybridized carbons (Fsp3) is 0.143. The molecule has 0 aromatic heterocycles. The zero-order valence-corrected chi connectivity index (χ0v) is 13.4. The molecule has 2 rings (SSSR count). The van der Waals surface area contributed by atoms with Crippen molar-refractivity contribution < 1.29 is 13.5 Å². The normalized spacial score (nSPS) is 13.0.